The van der Waals surface area contributed by atoms with E-state index in [-0.39, 0.29) is 12.0 Å². The number of benzene rings is 1. The van der Waals surface area contributed by atoms with Crippen molar-refractivity contribution >= 4 is 16.8 Å². The van der Waals surface area contributed by atoms with Crippen molar-refractivity contribution in [1.29, 1.82) is 0 Å². The molecule has 0 spiro atoms. The van der Waals surface area contributed by atoms with E-state index in [4.69, 9.17) is 5.11 Å². The lowest BCUT2D eigenvalue weighted by atomic mass is 10.1. The van der Waals surface area contributed by atoms with Crippen LogP contribution in [-0.2, 0) is 0 Å². The minimum absolute atomic E-state index is 0.0499. The average molecular weight is 257 g/mol. The SMILES string of the molecule is CC(O)CCC/C=C/c1ccc2cc(O)ncc2c1. The highest BCUT2D eigenvalue weighted by atomic mass is 16.3. The molecule has 19 heavy (non-hydrogen) atoms. The van der Waals surface area contributed by atoms with Crippen molar-refractivity contribution in [3.05, 3.63) is 42.1 Å². The molecule has 0 bridgehead atoms. The number of allylic oxidation sites excluding steroid dienone is 1. The molecule has 0 aliphatic rings. The highest BCUT2D eigenvalue weighted by Crippen LogP contribution is 2.19. The van der Waals surface area contributed by atoms with Crippen LogP contribution in [0, 0.1) is 0 Å². The van der Waals surface area contributed by atoms with Crippen LogP contribution < -0.4 is 0 Å². The van der Waals surface area contributed by atoms with Gasteiger partial charge in [-0.15, -0.1) is 0 Å². The minimum atomic E-state index is -0.215. The van der Waals surface area contributed by atoms with Crippen LogP contribution in [0.1, 0.15) is 31.7 Å². The molecule has 1 atom stereocenters. The topological polar surface area (TPSA) is 53.4 Å². The molecule has 3 nitrogen and oxygen atoms in total. The summed E-state index contributed by atoms with van der Waals surface area (Å²) in [6, 6.07) is 7.71. The van der Waals surface area contributed by atoms with Gasteiger partial charge in [-0.25, -0.2) is 4.98 Å². The molecule has 0 radical (unpaired) electrons. The summed E-state index contributed by atoms with van der Waals surface area (Å²) >= 11 is 0. The van der Waals surface area contributed by atoms with Crippen molar-refractivity contribution in [2.45, 2.75) is 32.3 Å². The molecule has 0 saturated heterocycles. The van der Waals surface area contributed by atoms with Gasteiger partial charge in [-0.05, 0) is 43.2 Å². The lowest BCUT2D eigenvalue weighted by Crippen LogP contribution is -1.97. The van der Waals surface area contributed by atoms with E-state index in [0.29, 0.717) is 0 Å². The van der Waals surface area contributed by atoms with Gasteiger partial charge >= 0.3 is 0 Å². The third-order valence-electron chi connectivity index (χ3n) is 3.03. The molecule has 1 aromatic carbocycles. The Labute approximate surface area is 113 Å². The number of aliphatic hydroxyl groups excluding tert-OH is 1. The van der Waals surface area contributed by atoms with Crippen molar-refractivity contribution in [2.75, 3.05) is 0 Å². The number of unbranched alkanes of at least 4 members (excludes halogenated alkanes) is 1. The van der Waals surface area contributed by atoms with E-state index >= 15 is 0 Å². The van der Waals surface area contributed by atoms with Crippen molar-refractivity contribution in [3.63, 3.8) is 0 Å². The zero-order chi connectivity index (χ0) is 13.7. The van der Waals surface area contributed by atoms with Gasteiger partial charge in [0.2, 0.25) is 5.88 Å². The third-order valence-corrected chi connectivity index (χ3v) is 3.03. The Morgan fingerprint density at radius 2 is 2.11 bits per heavy atom. The van der Waals surface area contributed by atoms with E-state index < -0.39 is 0 Å². The van der Waals surface area contributed by atoms with Crippen LogP contribution in [0.2, 0.25) is 0 Å². The van der Waals surface area contributed by atoms with Crippen LogP contribution in [0.25, 0.3) is 16.8 Å². The van der Waals surface area contributed by atoms with E-state index in [0.717, 1.165) is 35.6 Å². The monoisotopic (exact) mass is 257 g/mol. The van der Waals surface area contributed by atoms with Crippen molar-refractivity contribution in [1.82, 2.24) is 4.98 Å². The number of pyridine rings is 1. The molecule has 2 aromatic rings. The molecule has 2 rings (SSSR count). The molecule has 100 valence electrons. The second-order valence-electron chi connectivity index (χ2n) is 4.83. The molecule has 2 N–H and O–H groups in total. The van der Waals surface area contributed by atoms with Crippen molar-refractivity contribution < 1.29 is 10.2 Å². The highest BCUT2D eigenvalue weighted by Gasteiger charge is 1.97. The minimum Gasteiger partial charge on any atom is -0.493 e. The molecule has 0 aliphatic heterocycles. The van der Waals surface area contributed by atoms with Gasteiger partial charge in [0.25, 0.3) is 0 Å². The summed E-state index contributed by atoms with van der Waals surface area (Å²) in [4.78, 5) is 3.88. The Morgan fingerprint density at radius 3 is 2.89 bits per heavy atom. The number of hydrogen-bond acceptors (Lipinski definition) is 3. The standard InChI is InChI=1S/C16H19NO2/c1-12(18)5-3-2-4-6-13-7-8-14-10-16(19)17-11-15(14)9-13/h4,6-12,18H,2-3,5H2,1H3,(H,17,19)/b6-4+. The third kappa shape index (κ3) is 4.07. The first-order valence-corrected chi connectivity index (χ1v) is 6.58. The molecule has 1 heterocycles. The Balaban J connectivity index is 2.01. The van der Waals surface area contributed by atoms with Crippen molar-refractivity contribution in [2.24, 2.45) is 0 Å². The first kappa shape index (κ1) is 13.6. The van der Waals surface area contributed by atoms with Gasteiger partial charge in [0.1, 0.15) is 0 Å². The van der Waals surface area contributed by atoms with Gasteiger partial charge in [0.05, 0.1) is 6.10 Å². The van der Waals surface area contributed by atoms with Gasteiger partial charge in [0, 0.05) is 17.6 Å². The molecule has 0 saturated carbocycles. The molecule has 0 aliphatic carbocycles. The zero-order valence-corrected chi connectivity index (χ0v) is 11.1. The summed E-state index contributed by atoms with van der Waals surface area (Å²) in [7, 11) is 0. The van der Waals surface area contributed by atoms with E-state index in [1.54, 1.807) is 12.3 Å². The second kappa shape index (κ2) is 6.34. The average Bonchev–Trinajstić information content (AvgIpc) is 2.38. The van der Waals surface area contributed by atoms with Gasteiger partial charge in [0.15, 0.2) is 0 Å². The predicted octanol–water partition coefficient (Wildman–Crippen LogP) is 3.50. The maximum Gasteiger partial charge on any atom is 0.211 e. The molecule has 3 heteroatoms. The summed E-state index contributed by atoms with van der Waals surface area (Å²) in [5.74, 6) is 0.0499. The summed E-state index contributed by atoms with van der Waals surface area (Å²) in [6.07, 6.45) is 8.47. The maximum atomic E-state index is 9.30. The number of aliphatic hydroxyl groups is 1. The summed E-state index contributed by atoms with van der Waals surface area (Å²) in [6.45, 7) is 1.81. The molecule has 1 aromatic heterocycles. The number of rotatable bonds is 5. The predicted molar refractivity (Wildman–Crippen MR) is 78.0 cm³/mol. The molecule has 0 fully saturated rings. The van der Waals surface area contributed by atoms with Crippen LogP contribution in [0.3, 0.4) is 0 Å². The van der Waals surface area contributed by atoms with Crippen LogP contribution in [0.5, 0.6) is 5.88 Å². The largest absolute Gasteiger partial charge is 0.493 e. The van der Waals surface area contributed by atoms with Crippen LogP contribution >= 0.6 is 0 Å². The quantitative estimate of drug-likeness (QED) is 0.806. The van der Waals surface area contributed by atoms with Gasteiger partial charge in [-0.1, -0.05) is 24.3 Å². The first-order chi connectivity index (χ1) is 9.15. The van der Waals surface area contributed by atoms with E-state index in [9.17, 15) is 5.11 Å². The van der Waals surface area contributed by atoms with Crippen LogP contribution in [0.15, 0.2) is 36.5 Å². The first-order valence-electron chi connectivity index (χ1n) is 6.58. The number of fused-ring (bicyclic) bond motifs is 1. The van der Waals surface area contributed by atoms with E-state index in [1.165, 1.54) is 0 Å². The normalized spacial score (nSPS) is 13.2. The molecule has 0 amide bonds. The zero-order valence-electron chi connectivity index (χ0n) is 11.1. The Kier molecular flexibility index (Phi) is 4.53. The molecular weight excluding hydrogens is 238 g/mol. The maximum absolute atomic E-state index is 9.30. The van der Waals surface area contributed by atoms with Crippen LogP contribution in [-0.4, -0.2) is 21.3 Å². The number of hydrogen-bond donors (Lipinski definition) is 2. The number of nitrogens with zero attached hydrogens (tertiary/aromatic N) is 1. The number of aromatic nitrogens is 1. The smallest absolute Gasteiger partial charge is 0.211 e. The lowest BCUT2D eigenvalue weighted by molar-refractivity contribution is 0.182. The van der Waals surface area contributed by atoms with E-state index in [1.807, 2.05) is 25.1 Å². The molecule has 1 unspecified atom stereocenters. The Hall–Kier alpha value is -1.87. The van der Waals surface area contributed by atoms with Gasteiger partial charge < -0.3 is 10.2 Å². The second-order valence-corrected chi connectivity index (χ2v) is 4.83. The highest BCUT2D eigenvalue weighted by molar-refractivity contribution is 5.84. The fraction of sp³-hybridized carbons (Fsp3) is 0.312. The Morgan fingerprint density at radius 1 is 1.26 bits per heavy atom. The lowest BCUT2D eigenvalue weighted by Gasteiger charge is -2.01. The fourth-order valence-corrected chi connectivity index (χ4v) is 2.00. The molecular formula is C16H19NO2. The van der Waals surface area contributed by atoms with Crippen LogP contribution in [0.4, 0.5) is 0 Å². The number of aromatic hydroxyl groups is 1. The summed E-state index contributed by atoms with van der Waals surface area (Å²) < 4.78 is 0. The van der Waals surface area contributed by atoms with Gasteiger partial charge in [-0.2, -0.15) is 0 Å². The fourth-order valence-electron chi connectivity index (χ4n) is 2.00. The summed E-state index contributed by atoms with van der Waals surface area (Å²) in [5, 5.41) is 20.5. The van der Waals surface area contributed by atoms with Gasteiger partial charge in [-0.3, -0.25) is 0 Å². The van der Waals surface area contributed by atoms with E-state index in [2.05, 4.69) is 17.1 Å². The Bertz CT molecular complexity index is 576. The van der Waals surface area contributed by atoms with Crippen molar-refractivity contribution in [3.8, 4) is 5.88 Å². The summed E-state index contributed by atoms with van der Waals surface area (Å²) in [5.41, 5.74) is 1.12.